The van der Waals surface area contributed by atoms with E-state index < -0.39 is 0 Å². The highest BCUT2D eigenvalue weighted by molar-refractivity contribution is 9.10. The Morgan fingerprint density at radius 2 is 2.06 bits per heavy atom. The number of aromatic nitrogens is 2. The fourth-order valence-corrected chi connectivity index (χ4v) is 1.94. The summed E-state index contributed by atoms with van der Waals surface area (Å²) >= 11 is 9.02. The molecule has 1 unspecified atom stereocenters. The van der Waals surface area contributed by atoms with E-state index in [0.29, 0.717) is 24.2 Å². The molecule has 6 heteroatoms. The van der Waals surface area contributed by atoms with Crippen molar-refractivity contribution in [1.82, 2.24) is 10.2 Å². The summed E-state index contributed by atoms with van der Waals surface area (Å²) in [5, 5.41) is 11.0. The van der Waals surface area contributed by atoms with E-state index in [1.807, 2.05) is 31.2 Å². The van der Waals surface area contributed by atoms with Crippen LogP contribution in [-0.4, -0.2) is 16.1 Å². The number of hydrogen-bond acceptors (Lipinski definition) is 4. The number of alkyl halides is 1. The minimum atomic E-state index is 0.0994. The second-order valence-electron chi connectivity index (χ2n) is 3.86. The van der Waals surface area contributed by atoms with Gasteiger partial charge in [-0.15, -0.1) is 16.7 Å². The molecule has 0 aliphatic carbocycles. The van der Waals surface area contributed by atoms with Crippen molar-refractivity contribution < 1.29 is 4.42 Å². The van der Waals surface area contributed by atoms with Gasteiger partial charge in [0, 0.05) is 16.8 Å². The van der Waals surface area contributed by atoms with E-state index in [1.165, 1.54) is 0 Å². The van der Waals surface area contributed by atoms with Crippen LogP contribution in [0.3, 0.4) is 0 Å². The Morgan fingerprint density at radius 1 is 1.33 bits per heavy atom. The number of nitrogens with one attached hydrogen (secondary N) is 1. The molecule has 96 valence electrons. The first-order valence-electron chi connectivity index (χ1n) is 5.59. The molecule has 1 atom stereocenters. The normalized spacial score (nSPS) is 12.4. The highest BCUT2D eigenvalue weighted by Gasteiger charge is 2.10. The van der Waals surface area contributed by atoms with Crippen LogP contribution in [0, 0.1) is 0 Å². The molecule has 1 aromatic heterocycles. The maximum Gasteiger partial charge on any atom is 0.315 e. The number of halogens is 2. The maximum absolute atomic E-state index is 5.61. The van der Waals surface area contributed by atoms with Crippen LogP contribution < -0.4 is 5.32 Å². The van der Waals surface area contributed by atoms with E-state index in [4.69, 9.17) is 16.0 Å². The van der Waals surface area contributed by atoms with E-state index in [-0.39, 0.29) is 6.04 Å². The first-order valence-corrected chi connectivity index (χ1v) is 6.92. The van der Waals surface area contributed by atoms with Gasteiger partial charge in [0.25, 0.3) is 0 Å². The first kappa shape index (κ1) is 13.4. The Labute approximate surface area is 119 Å². The van der Waals surface area contributed by atoms with Gasteiger partial charge in [-0.2, -0.15) is 0 Å². The third-order valence-corrected chi connectivity index (χ3v) is 3.20. The summed E-state index contributed by atoms with van der Waals surface area (Å²) in [6.07, 6.45) is 0.586. The Kier molecular flexibility index (Phi) is 4.60. The number of anilines is 1. The van der Waals surface area contributed by atoms with Gasteiger partial charge in [0.1, 0.15) is 0 Å². The molecule has 4 nitrogen and oxygen atoms in total. The minimum absolute atomic E-state index is 0.0994. The first-order chi connectivity index (χ1) is 8.69. The lowest BCUT2D eigenvalue weighted by molar-refractivity contribution is 0.508. The Morgan fingerprint density at radius 3 is 2.72 bits per heavy atom. The monoisotopic (exact) mass is 329 g/mol. The standard InChI is InChI=1S/C12H13BrClN3O/c1-8(9-2-4-10(13)5-3-9)15-12-17-16-11(18-12)6-7-14/h2-5,8H,6-7H2,1H3,(H,15,17). The molecule has 0 amide bonds. The fraction of sp³-hybridized carbons (Fsp3) is 0.333. The van der Waals surface area contributed by atoms with Crippen LogP contribution in [0.15, 0.2) is 33.2 Å². The lowest BCUT2D eigenvalue weighted by Crippen LogP contribution is -2.06. The van der Waals surface area contributed by atoms with Gasteiger partial charge in [-0.25, -0.2) is 0 Å². The van der Waals surface area contributed by atoms with E-state index in [1.54, 1.807) is 0 Å². The molecule has 1 N–H and O–H groups in total. The molecule has 18 heavy (non-hydrogen) atoms. The SMILES string of the molecule is CC(Nc1nnc(CCCl)o1)c1ccc(Br)cc1. The Balaban J connectivity index is 2.01. The second kappa shape index (κ2) is 6.20. The van der Waals surface area contributed by atoms with Crippen LogP contribution in [0.25, 0.3) is 0 Å². The van der Waals surface area contributed by atoms with Gasteiger partial charge in [0.15, 0.2) is 0 Å². The summed E-state index contributed by atoms with van der Waals surface area (Å²) in [5.74, 6) is 1.03. The number of aryl methyl sites for hydroxylation is 1. The predicted molar refractivity (Wildman–Crippen MR) is 74.9 cm³/mol. The van der Waals surface area contributed by atoms with E-state index in [0.717, 1.165) is 10.0 Å². The molecule has 0 aliphatic rings. The quantitative estimate of drug-likeness (QED) is 0.848. The van der Waals surface area contributed by atoms with Crippen molar-refractivity contribution in [3.8, 4) is 0 Å². The molecule has 2 rings (SSSR count). The summed E-state index contributed by atoms with van der Waals surface area (Å²) in [6, 6.07) is 8.60. The zero-order chi connectivity index (χ0) is 13.0. The molecular weight excluding hydrogens is 318 g/mol. The molecule has 1 heterocycles. The molecule has 0 spiro atoms. The minimum Gasteiger partial charge on any atom is -0.408 e. The molecular formula is C12H13BrClN3O. The Hall–Kier alpha value is -1.07. The van der Waals surface area contributed by atoms with Gasteiger partial charge >= 0.3 is 6.01 Å². The summed E-state index contributed by atoms with van der Waals surface area (Å²) in [4.78, 5) is 0. The second-order valence-corrected chi connectivity index (χ2v) is 5.15. The third-order valence-electron chi connectivity index (χ3n) is 2.49. The molecule has 1 aromatic carbocycles. The molecule has 0 bridgehead atoms. The molecule has 0 fully saturated rings. The maximum atomic E-state index is 5.61. The molecule has 0 saturated carbocycles. The average Bonchev–Trinajstić information content (AvgIpc) is 2.78. The van der Waals surface area contributed by atoms with Crippen LogP contribution in [-0.2, 0) is 6.42 Å². The van der Waals surface area contributed by atoms with Crippen LogP contribution in [0.4, 0.5) is 6.01 Å². The summed E-state index contributed by atoms with van der Waals surface area (Å²) in [5.41, 5.74) is 1.15. The Bertz CT molecular complexity index is 500. The highest BCUT2D eigenvalue weighted by atomic mass is 79.9. The topological polar surface area (TPSA) is 51.0 Å². The van der Waals surface area contributed by atoms with E-state index in [9.17, 15) is 0 Å². The average molecular weight is 331 g/mol. The van der Waals surface area contributed by atoms with E-state index in [2.05, 4.69) is 31.4 Å². The highest BCUT2D eigenvalue weighted by Crippen LogP contribution is 2.20. The summed E-state index contributed by atoms with van der Waals surface area (Å²) in [6.45, 7) is 2.04. The van der Waals surface area contributed by atoms with Crippen molar-refractivity contribution in [2.75, 3.05) is 11.2 Å². The largest absolute Gasteiger partial charge is 0.408 e. The van der Waals surface area contributed by atoms with Gasteiger partial charge < -0.3 is 9.73 Å². The van der Waals surface area contributed by atoms with Gasteiger partial charge in [-0.05, 0) is 24.6 Å². The molecule has 0 aliphatic heterocycles. The smallest absolute Gasteiger partial charge is 0.315 e. The predicted octanol–water partition coefficient (Wildman–Crippen LogP) is 3.79. The number of nitrogens with zero attached hydrogens (tertiary/aromatic N) is 2. The molecule has 0 radical (unpaired) electrons. The van der Waals surface area contributed by atoms with Crippen molar-refractivity contribution in [3.63, 3.8) is 0 Å². The van der Waals surface area contributed by atoms with Crippen molar-refractivity contribution in [2.24, 2.45) is 0 Å². The number of benzene rings is 1. The van der Waals surface area contributed by atoms with E-state index >= 15 is 0 Å². The van der Waals surface area contributed by atoms with Crippen molar-refractivity contribution in [3.05, 3.63) is 40.2 Å². The van der Waals surface area contributed by atoms with Crippen LogP contribution in [0.2, 0.25) is 0 Å². The third kappa shape index (κ3) is 3.46. The zero-order valence-electron chi connectivity index (χ0n) is 9.86. The van der Waals surface area contributed by atoms with Crippen LogP contribution in [0.5, 0.6) is 0 Å². The van der Waals surface area contributed by atoms with Crippen LogP contribution >= 0.6 is 27.5 Å². The van der Waals surface area contributed by atoms with Gasteiger partial charge in [0.2, 0.25) is 5.89 Å². The lowest BCUT2D eigenvalue weighted by Gasteiger charge is -2.11. The number of rotatable bonds is 5. The molecule has 0 saturated heterocycles. The fourth-order valence-electron chi connectivity index (χ4n) is 1.51. The van der Waals surface area contributed by atoms with Gasteiger partial charge in [-0.3, -0.25) is 0 Å². The van der Waals surface area contributed by atoms with Crippen molar-refractivity contribution >= 4 is 33.5 Å². The van der Waals surface area contributed by atoms with Crippen molar-refractivity contribution in [1.29, 1.82) is 0 Å². The lowest BCUT2D eigenvalue weighted by atomic mass is 10.1. The van der Waals surface area contributed by atoms with Crippen LogP contribution in [0.1, 0.15) is 24.4 Å². The van der Waals surface area contributed by atoms with Gasteiger partial charge in [0.05, 0.1) is 6.04 Å². The summed E-state index contributed by atoms with van der Waals surface area (Å²) < 4.78 is 6.47. The summed E-state index contributed by atoms with van der Waals surface area (Å²) in [7, 11) is 0. The number of hydrogen-bond donors (Lipinski definition) is 1. The molecule has 2 aromatic rings. The zero-order valence-corrected chi connectivity index (χ0v) is 12.2. The van der Waals surface area contributed by atoms with Crippen molar-refractivity contribution in [2.45, 2.75) is 19.4 Å². The van der Waals surface area contributed by atoms with Gasteiger partial charge in [-0.1, -0.05) is 33.2 Å².